The average molecular weight is 356 g/mol. The molecule has 7 nitrogen and oxygen atoms in total. The van der Waals surface area contributed by atoms with Crippen LogP contribution in [0.3, 0.4) is 0 Å². The third-order valence-electron chi connectivity index (χ3n) is 3.47. The van der Waals surface area contributed by atoms with Gasteiger partial charge in [0.1, 0.15) is 6.04 Å². The van der Waals surface area contributed by atoms with Crippen LogP contribution >= 0.6 is 23.2 Å². The maximum atomic E-state index is 12.2. The molecule has 1 atom stereocenters. The van der Waals surface area contributed by atoms with E-state index in [9.17, 15) is 9.59 Å². The highest BCUT2D eigenvalue weighted by atomic mass is 35.5. The smallest absolute Gasteiger partial charge is 0.238 e. The second-order valence-electron chi connectivity index (χ2n) is 5.07. The first-order valence-electron chi connectivity index (χ1n) is 6.85. The number of halogens is 2. The van der Waals surface area contributed by atoms with Crippen LogP contribution in [0.15, 0.2) is 12.1 Å². The van der Waals surface area contributed by atoms with Gasteiger partial charge in [-0.3, -0.25) is 14.5 Å². The van der Waals surface area contributed by atoms with E-state index in [0.717, 1.165) is 0 Å². The minimum absolute atomic E-state index is 0.0120. The predicted molar refractivity (Wildman–Crippen MR) is 87.2 cm³/mol. The Labute approximate surface area is 143 Å². The van der Waals surface area contributed by atoms with Gasteiger partial charge in [0.05, 0.1) is 33.9 Å². The van der Waals surface area contributed by atoms with E-state index >= 15 is 0 Å². The van der Waals surface area contributed by atoms with Gasteiger partial charge in [-0.1, -0.05) is 23.2 Å². The number of amides is 2. The van der Waals surface area contributed by atoms with Gasteiger partial charge < -0.3 is 16.4 Å². The highest BCUT2D eigenvalue weighted by Crippen LogP contribution is 2.31. The van der Waals surface area contributed by atoms with Crippen molar-refractivity contribution < 1.29 is 9.59 Å². The SMILES string of the molecule is N#Cc1cc(Cl)c(NC(=O)CN2CCNCC2C(N)=O)c(Cl)c1. The van der Waals surface area contributed by atoms with Gasteiger partial charge in [0.15, 0.2) is 0 Å². The van der Waals surface area contributed by atoms with Crippen LogP contribution in [0, 0.1) is 11.3 Å². The van der Waals surface area contributed by atoms with Gasteiger partial charge in [0, 0.05) is 19.6 Å². The Kier molecular flexibility index (Phi) is 5.80. The van der Waals surface area contributed by atoms with Crippen molar-refractivity contribution in [2.45, 2.75) is 6.04 Å². The number of nitriles is 1. The zero-order chi connectivity index (χ0) is 17.0. The first-order chi connectivity index (χ1) is 10.9. The van der Waals surface area contributed by atoms with Gasteiger partial charge >= 0.3 is 0 Å². The van der Waals surface area contributed by atoms with Crippen LogP contribution in [-0.4, -0.2) is 48.9 Å². The lowest BCUT2D eigenvalue weighted by atomic mass is 10.1. The number of anilines is 1. The molecule has 0 bridgehead atoms. The highest BCUT2D eigenvalue weighted by Gasteiger charge is 2.28. The van der Waals surface area contributed by atoms with Gasteiger partial charge in [-0.05, 0) is 12.1 Å². The summed E-state index contributed by atoms with van der Waals surface area (Å²) >= 11 is 12.1. The van der Waals surface area contributed by atoms with Crippen LogP contribution < -0.4 is 16.4 Å². The number of hydrogen-bond donors (Lipinski definition) is 3. The molecule has 0 radical (unpaired) electrons. The summed E-state index contributed by atoms with van der Waals surface area (Å²) in [6.45, 7) is 1.58. The fraction of sp³-hybridized carbons (Fsp3) is 0.357. The molecule has 0 aromatic heterocycles. The second kappa shape index (κ2) is 7.62. The van der Waals surface area contributed by atoms with Crippen molar-refractivity contribution in [1.82, 2.24) is 10.2 Å². The molecule has 9 heteroatoms. The predicted octanol–water partition coefficient (Wildman–Crippen LogP) is 0.563. The molecule has 1 fully saturated rings. The van der Waals surface area contributed by atoms with Gasteiger partial charge in [-0.2, -0.15) is 5.26 Å². The van der Waals surface area contributed by atoms with Crippen LogP contribution in [0.25, 0.3) is 0 Å². The number of nitrogens with one attached hydrogen (secondary N) is 2. The summed E-state index contributed by atoms with van der Waals surface area (Å²) in [5, 5.41) is 14.9. The Bertz CT molecular complexity index is 651. The van der Waals surface area contributed by atoms with Crippen LogP contribution in [0.1, 0.15) is 5.56 Å². The summed E-state index contributed by atoms with van der Waals surface area (Å²) in [5.41, 5.74) is 5.88. The standard InChI is InChI=1S/C14H15Cl2N5O2/c15-9-3-8(5-17)4-10(16)13(9)20-12(22)7-21-2-1-19-6-11(21)14(18)23/h3-4,11,19H,1-2,6-7H2,(H2,18,23)(H,20,22). The second-order valence-corrected chi connectivity index (χ2v) is 5.88. The number of carbonyl (C=O) groups is 2. The van der Waals surface area contributed by atoms with Crippen molar-refractivity contribution in [2.24, 2.45) is 5.73 Å². The zero-order valence-corrected chi connectivity index (χ0v) is 13.6. The molecule has 1 unspecified atom stereocenters. The Balaban J connectivity index is 2.08. The van der Waals surface area contributed by atoms with Crippen molar-refractivity contribution in [3.8, 4) is 6.07 Å². The van der Waals surface area contributed by atoms with Crippen molar-refractivity contribution in [2.75, 3.05) is 31.5 Å². The lowest BCUT2D eigenvalue weighted by Gasteiger charge is -2.33. The minimum atomic E-state index is -0.540. The molecular weight excluding hydrogens is 341 g/mol. The van der Waals surface area contributed by atoms with Gasteiger partial charge in [-0.25, -0.2) is 0 Å². The third-order valence-corrected chi connectivity index (χ3v) is 4.06. The van der Waals surface area contributed by atoms with Crippen molar-refractivity contribution >= 4 is 40.7 Å². The third kappa shape index (κ3) is 4.33. The first kappa shape index (κ1) is 17.5. The number of nitrogens with two attached hydrogens (primary N) is 1. The molecule has 2 amide bonds. The first-order valence-corrected chi connectivity index (χ1v) is 7.61. The van der Waals surface area contributed by atoms with Gasteiger partial charge in [-0.15, -0.1) is 0 Å². The van der Waals surface area contributed by atoms with Crippen molar-refractivity contribution in [1.29, 1.82) is 5.26 Å². The Morgan fingerprint density at radius 3 is 2.65 bits per heavy atom. The summed E-state index contributed by atoms with van der Waals surface area (Å²) in [6, 6.07) is 4.22. The number of carbonyl (C=O) groups excluding carboxylic acids is 2. The number of nitrogens with zero attached hydrogens (tertiary/aromatic N) is 2. The van der Waals surface area contributed by atoms with E-state index in [1.807, 2.05) is 6.07 Å². The Morgan fingerprint density at radius 1 is 1.43 bits per heavy atom. The maximum absolute atomic E-state index is 12.2. The monoisotopic (exact) mass is 355 g/mol. The molecule has 1 heterocycles. The van der Waals surface area contributed by atoms with E-state index < -0.39 is 11.9 Å². The minimum Gasteiger partial charge on any atom is -0.368 e. The topological polar surface area (TPSA) is 111 Å². The van der Waals surface area contributed by atoms with Crippen molar-refractivity contribution in [3.05, 3.63) is 27.7 Å². The fourth-order valence-electron chi connectivity index (χ4n) is 2.34. The summed E-state index contributed by atoms with van der Waals surface area (Å²) in [6.07, 6.45) is 0. The summed E-state index contributed by atoms with van der Waals surface area (Å²) in [7, 11) is 0. The molecule has 1 saturated heterocycles. The van der Waals surface area contributed by atoms with E-state index in [4.69, 9.17) is 34.2 Å². The largest absolute Gasteiger partial charge is 0.368 e. The fourth-order valence-corrected chi connectivity index (χ4v) is 2.92. The molecule has 4 N–H and O–H groups in total. The molecule has 122 valence electrons. The molecule has 1 aliphatic heterocycles. The Morgan fingerprint density at radius 2 is 2.09 bits per heavy atom. The van der Waals surface area contributed by atoms with E-state index in [2.05, 4.69) is 10.6 Å². The number of piperazine rings is 1. The number of hydrogen-bond acceptors (Lipinski definition) is 5. The molecule has 2 rings (SSSR count). The normalized spacial score (nSPS) is 18.2. The van der Waals surface area contributed by atoms with Crippen molar-refractivity contribution in [3.63, 3.8) is 0 Å². The van der Waals surface area contributed by atoms with Crippen LogP contribution in [-0.2, 0) is 9.59 Å². The van der Waals surface area contributed by atoms with Crippen LogP contribution in [0.5, 0.6) is 0 Å². The molecule has 1 aliphatic rings. The molecule has 1 aromatic rings. The van der Waals surface area contributed by atoms with E-state index in [-0.39, 0.29) is 28.2 Å². The van der Waals surface area contributed by atoms with Gasteiger partial charge in [0.25, 0.3) is 0 Å². The Hall–Kier alpha value is -1.85. The van der Waals surface area contributed by atoms with E-state index in [0.29, 0.717) is 25.2 Å². The summed E-state index contributed by atoms with van der Waals surface area (Å²) in [4.78, 5) is 25.3. The molecule has 23 heavy (non-hydrogen) atoms. The highest BCUT2D eigenvalue weighted by molar-refractivity contribution is 6.40. The van der Waals surface area contributed by atoms with E-state index in [1.54, 1.807) is 4.90 Å². The summed E-state index contributed by atoms with van der Waals surface area (Å²) < 4.78 is 0. The van der Waals surface area contributed by atoms with Gasteiger partial charge in [0.2, 0.25) is 11.8 Å². The number of rotatable bonds is 4. The summed E-state index contributed by atoms with van der Waals surface area (Å²) in [5.74, 6) is -0.855. The quantitative estimate of drug-likeness (QED) is 0.730. The number of benzene rings is 1. The lowest BCUT2D eigenvalue weighted by Crippen LogP contribution is -2.58. The molecule has 0 spiro atoms. The average Bonchev–Trinajstić information content (AvgIpc) is 2.51. The van der Waals surface area contributed by atoms with Crippen LogP contribution in [0.2, 0.25) is 10.0 Å². The number of primary amides is 1. The van der Waals surface area contributed by atoms with Crippen LogP contribution in [0.4, 0.5) is 5.69 Å². The lowest BCUT2D eigenvalue weighted by molar-refractivity contribution is -0.125. The molecule has 0 aliphatic carbocycles. The molecule has 1 aromatic carbocycles. The zero-order valence-electron chi connectivity index (χ0n) is 12.1. The van der Waals surface area contributed by atoms with E-state index in [1.165, 1.54) is 12.1 Å². The molecular formula is C14H15Cl2N5O2. The molecule has 0 saturated carbocycles. The maximum Gasteiger partial charge on any atom is 0.238 e.